The Hall–Kier alpha value is -2.43. The van der Waals surface area contributed by atoms with Gasteiger partial charge in [0.05, 0.1) is 11.7 Å². The number of amides is 1. The van der Waals surface area contributed by atoms with Crippen molar-refractivity contribution in [3.8, 4) is 0 Å². The second-order valence-electron chi connectivity index (χ2n) is 6.76. The summed E-state index contributed by atoms with van der Waals surface area (Å²) in [6.07, 6.45) is 5.33. The van der Waals surface area contributed by atoms with E-state index >= 15 is 0 Å². The molecule has 1 saturated heterocycles. The van der Waals surface area contributed by atoms with Crippen molar-refractivity contribution in [3.63, 3.8) is 0 Å². The Morgan fingerprint density at radius 1 is 1.17 bits per heavy atom. The molecule has 1 aromatic carbocycles. The Labute approximate surface area is 141 Å². The topological polar surface area (TPSA) is 72.1 Å². The number of benzene rings is 1. The molecule has 24 heavy (non-hydrogen) atoms. The highest BCUT2D eigenvalue weighted by Gasteiger charge is 2.32. The SMILES string of the molecule is Cc1nc(N)cc([C@@H]2CCCN2C(=O)c2ccc3c(c2)CCC3)n1. The van der Waals surface area contributed by atoms with Crippen molar-refractivity contribution in [3.05, 3.63) is 52.5 Å². The van der Waals surface area contributed by atoms with Crippen molar-refractivity contribution in [2.75, 3.05) is 12.3 Å². The summed E-state index contributed by atoms with van der Waals surface area (Å²) in [5.74, 6) is 1.22. The van der Waals surface area contributed by atoms with Crippen LogP contribution in [0.5, 0.6) is 0 Å². The maximum absolute atomic E-state index is 13.1. The molecule has 1 aliphatic heterocycles. The second kappa shape index (κ2) is 5.89. The summed E-state index contributed by atoms with van der Waals surface area (Å²) in [5, 5.41) is 0. The number of anilines is 1. The fourth-order valence-electron chi connectivity index (χ4n) is 3.97. The summed E-state index contributed by atoms with van der Waals surface area (Å²) in [6, 6.07) is 7.97. The molecule has 1 fully saturated rings. The van der Waals surface area contributed by atoms with Gasteiger partial charge in [0.25, 0.3) is 5.91 Å². The quantitative estimate of drug-likeness (QED) is 0.923. The molecular weight excluding hydrogens is 300 g/mol. The molecule has 5 nitrogen and oxygen atoms in total. The van der Waals surface area contributed by atoms with Gasteiger partial charge in [0.15, 0.2) is 0 Å². The molecule has 1 amide bonds. The number of nitrogens with zero attached hydrogens (tertiary/aromatic N) is 3. The van der Waals surface area contributed by atoms with Crippen molar-refractivity contribution in [2.24, 2.45) is 0 Å². The minimum absolute atomic E-state index is 0.00486. The van der Waals surface area contributed by atoms with Crippen molar-refractivity contribution in [1.29, 1.82) is 0 Å². The summed E-state index contributed by atoms with van der Waals surface area (Å²) >= 11 is 0. The third kappa shape index (κ3) is 2.64. The number of hydrogen-bond donors (Lipinski definition) is 1. The van der Waals surface area contributed by atoms with Crippen molar-refractivity contribution >= 4 is 11.7 Å². The first-order chi connectivity index (χ1) is 11.6. The predicted molar refractivity (Wildman–Crippen MR) is 92.7 cm³/mol. The largest absolute Gasteiger partial charge is 0.384 e. The van der Waals surface area contributed by atoms with Crippen LogP contribution >= 0.6 is 0 Å². The van der Waals surface area contributed by atoms with Gasteiger partial charge in [-0.1, -0.05) is 6.07 Å². The molecule has 2 N–H and O–H groups in total. The number of fused-ring (bicyclic) bond motifs is 1. The molecule has 5 heteroatoms. The van der Waals surface area contributed by atoms with Crippen LogP contribution in [0.2, 0.25) is 0 Å². The monoisotopic (exact) mass is 322 g/mol. The van der Waals surface area contributed by atoms with Crippen LogP contribution in [-0.2, 0) is 12.8 Å². The molecule has 4 rings (SSSR count). The highest BCUT2D eigenvalue weighted by molar-refractivity contribution is 5.95. The van der Waals surface area contributed by atoms with Crippen molar-refractivity contribution < 1.29 is 4.79 Å². The maximum Gasteiger partial charge on any atom is 0.254 e. The van der Waals surface area contributed by atoms with Gasteiger partial charge in [-0.05, 0) is 62.3 Å². The van der Waals surface area contributed by atoms with Crippen LogP contribution in [0.1, 0.15) is 58.3 Å². The Morgan fingerprint density at radius 3 is 2.83 bits per heavy atom. The van der Waals surface area contributed by atoms with E-state index in [4.69, 9.17) is 5.73 Å². The molecule has 0 radical (unpaired) electrons. The zero-order chi connectivity index (χ0) is 16.7. The molecule has 1 aliphatic carbocycles. The fourth-order valence-corrected chi connectivity index (χ4v) is 3.97. The van der Waals surface area contributed by atoms with Crippen LogP contribution in [0.4, 0.5) is 5.82 Å². The lowest BCUT2D eigenvalue weighted by Crippen LogP contribution is -2.31. The van der Waals surface area contributed by atoms with E-state index in [1.807, 2.05) is 17.9 Å². The van der Waals surface area contributed by atoms with Crippen LogP contribution in [0.3, 0.4) is 0 Å². The first-order valence-electron chi connectivity index (χ1n) is 8.65. The Morgan fingerprint density at radius 2 is 2.00 bits per heavy atom. The third-order valence-electron chi connectivity index (χ3n) is 5.08. The smallest absolute Gasteiger partial charge is 0.254 e. The number of nitrogen functional groups attached to an aromatic ring is 1. The lowest BCUT2D eigenvalue weighted by Gasteiger charge is -2.25. The second-order valence-corrected chi connectivity index (χ2v) is 6.76. The summed E-state index contributed by atoms with van der Waals surface area (Å²) < 4.78 is 0. The number of hydrogen-bond acceptors (Lipinski definition) is 4. The van der Waals surface area contributed by atoms with Gasteiger partial charge in [0.2, 0.25) is 0 Å². The van der Waals surface area contributed by atoms with Crippen molar-refractivity contribution in [2.45, 2.75) is 45.1 Å². The van der Waals surface area contributed by atoms with E-state index < -0.39 is 0 Å². The van der Waals surface area contributed by atoms with Crippen LogP contribution in [0.25, 0.3) is 0 Å². The van der Waals surface area contributed by atoms with Gasteiger partial charge in [-0.15, -0.1) is 0 Å². The highest BCUT2D eigenvalue weighted by Crippen LogP contribution is 2.33. The summed E-state index contributed by atoms with van der Waals surface area (Å²) in [5.41, 5.74) is 10.2. The van der Waals surface area contributed by atoms with E-state index in [-0.39, 0.29) is 11.9 Å². The molecule has 0 bridgehead atoms. The standard InChI is InChI=1S/C19H22N4O/c1-12-21-16(11-18(20)22-12)17-6-3-9-23(17)19(24)15-8-7-13-4-2-5-14(13)10-15/h7-8,10-11,17H,2-6,9H2,1H3,(H2,20,21,22)/t17-/m0/s1. The van der Waals surface area contributed by atoms with Crippen LogP contribution in [0, 0.1) is 6.92 Å². The Balaban J connectivity index is 1.63. The van der Waals surface area contributed by atoms with E-state index in [0.29, 0.717) is 11.6 Å². The number of carbonyl (C=O) groups is 1. The fraction of sp³-hybridized carbons (Fsp3) is 0.421. The predicted octanol–water partition coefficient (Wildman–Crippen LogP) is 2.83. The number of aromatic nitrogens is 2. The van der Waals surface area contributed by atoms with Gasteiger partial charge in [-0.2, -0.15) is 0 Å². The van der Waals surface area contributed by atoms with Crippen LogP contribution in [0.15, 0.2) is 24.3 Å². The number of aryl methyl sites for hydroxylation is 3. The summed E-state index contributed by atoms with van der Waals surface area (Å²) in [7, 11) is 0. The Bertz CT molecular complexity index is 782. The number of nitrogens with two attached hydrogens (primary N) is 1. The minimum atomic E-state index is -0.00486. The Kier molecular flexibility index (Phi) is 3.71. The zero-order valence-corrected chi connectivity index (χ0v) is 14.0. The molecule has 0 spiro atoms. The van der Waals surface area contributed by atoms with Gasteiger partial charge in [0, 0.05) is 18.2 Å². The molecule has 0 saturated carbocycles. The molecule has 1 aromatic heterocycles. The molecule has 2 heterocycles. The van der Waals surface area contributed by atoms with Crippen LogP contribution < -0.4 is 5.73 Å². The molecule has 1 atom stereocenters. The molecule has 124 valence electrons. The highest BCUT2D eigenvalue weighted by atomic mass is 16.2. The maximum atomic E-state index is 13.1. The van der Waals surface area contributed by atoms with E-state index in [9.17, 15) is 4.79 Å². The third-order valence-corrected chi connectivity index (χ3v) is 5.08. The summed E-state index contributed by atoms with van der Waals surface area (Å²) in [4.78, 5) is 23.6. The van der Waals surface area contributed by atoms with Gasteiger partial charge in [0.1, 0.15) is 11.6 Å². The van der Waals surface area contributed by atoms with E-state index in [1.165, 1.54) is 17.5 Å². The number of carbonyl (C=O) groups excluding carboxylic acids is 1. The molecular formula is C19H22N4O. The first kappa shape index (κ1) is 15.1. The molecule has 0 unspecified atom stereocenters. The zero-order valence-electron chi connectivity index (χ0n) is 14.0. The van der Waals surface area contributed by atoms with E-state index in [0.717, 1.165) is 43.5 Å². The lowest BCUT2D eigenvalue weighted by atomic mass is 10.0. The van der Waals surface area contributed by atoms with Gasteiger partial charge < -0.3 is 10.6 Å². The first-order valence-corrected chi connectivity index (χ1v) is 8.65. The molecule has 2 aromatic rings. The minimum Gasteiger partial charge on any atom is -0.384 e. The molecule has 2 aliphatic rings. The van der Waals surface area contributed by atoms with Gasteiger partial charge in [-0.25, -0.2) is 9.97 Å². The van der Waals surface area contributed by atoms with Gasteiger partial charge in [-0.3, -0.25) is 4.79 Å². The summed E-state index contributed by atoms with van der Waals surface area (Å²) in [6.45, 7) is 2.60. The van der Waals surface area contributed by atoms with Gasteiger partial charge >= 0.3 is 0 Å². The van der Waals surface area contributed by atoms with E-state index in [2.05, 4.69) is 22.1 Å². The normalized spacial score (nSPS) is 19.5. The van der Waals surface area contributed by atoms with Crippen molar-refractivity contribution in [1.82, 2.24) is 14.9 Å². The number of rotatable bonds is 2. The lowest BCUT2D eigenvalue weighted by molar-refractivity contribution is 0.0732. The average Bonchev–Trinajstić information content (AvgIpc) is 3.21. The number of likely N-dealkylation sites (tertiary alicyclic amines) is 1. The average molecular weight is 322 g/mol. The van der Waals surface area contributed by atoms with E-state index in [1.54, 1.807) is 6.07 Å². The van der Waals surface area contributed by atoms with Crippen LogP contribution in [-0.4, -0.2) is 27.3 Å².